The molecule has 1 aromatic heterocycles. The van der Waals surface area contributed by atoms with Crippen LogP contribution < -0.4 is 5.32 Å². The lowest BCUT2D eigenvalue weighted by Crippen LogP contribution is -1.99. The molecule has 0 bridgehead atoms. The maximum Gasteiger partial charge on any atom is 0.0637 e. The van der Waals surface area contributed by atoms with E-state index >= 15 is 0 Å². The van der Waals surface area contributed by atoms with E-state index in [0.717, 1.165) is 22.8 Å². The number of aromatic nitrogens is 1. The van der Waals surface area contributed by atoms with Crippen molar-refractivity contribution >= 4 is 28.2 Å². The zero-order chi connectivity index (χ0) is 13.2. The predicted molar refractivity (Wildman–Crippen MR) is 81.8 cm³/mol. The zero-order valence-corrected chi connectivity index (χ0v) is 11.5. The smallest absolute Gasteiger partial charge is 0.0637 e. The van der Waals surface area contributed by atoms with Crippen LogP contribution >= 0.6 is 11.6 Å². The van der Waals surface area contributed by atoms with Crippen molar-refractivity contribution in [2.45, 2.75) is 13.5 Å². The van der Waals surface area contributed by atoms with Gasteiger partial charge in [-0.25, -0.2) is 0 Å². The Bertz CT molecular complexity index is 716. The van der Waals surface area contributed by atoms with Crippen LogP contribution in [0.1, 0.15) is 11.1 Å². The molecule has 0 unspecified atom stereocenters. The summed E-state index contributed by atoms with van der Waals surface area (Å²) in [6, 6.07) is 14.3. The minimum absolute atomic E-state index is 0.755. The third-order valence-corrected chi connectivity index (χ3v) is 3.60. The van der Waals surface area contributed by atoms with Crippen molar-refractivity contribution in [3.8, 4) is 0 Å². The van der Waals surface area contributed by atoms with Gasteiger partial charge in [-0.05, 0) is 36.2 Å². The third-order valence-electron chi connectivity index (χ3n) is 3.27. The fourth-order valence-corrected chi connectivity index (χ4v) is 2.43. The first-order chi connectivity index (χ1) is 9.24. The second-order valence-electron chi connectivity index (χ2n) is 4.70. The van der Waals surface area contributed by atoms with Crippen molar-refractivity contribution in [2.24, 2.45) is 0 Å². The van der Waals surface area contributed by atoms with E-state index in [0.29, 0.717) is 0 Å². The summed E-state index contributed by atoms with van der Waals surface area (Å²) >= 11 is 6.18. The van der Waals surface area contributed by atoms with Crippen LogP contribution in [0.2, 0.25) is 5.02 Å². The average Bonchev–Trinajstić information content (AvgIpc) is 2.83. The number of fused-ring (bicyclic) bond motifs is 1. The molecule has 0 aliphatic rings. The second kappa shape index (κ2) is 4.98. The van der Waals surface area contributed by atoms with Gasteiger partial charge in [0.15, 0.2) is 0 Å². The summed E-state index contributed by atoms with van der Waals surface area (Å²) in [7, 11) is 0. The maximum absolute atomic E-state index is 6.18. The van der Waals surface area contributed by atoms with Gasteiger partial charge < -0.3 is 10.3 Å². The number of benzene rings is 2. The quantitative estimate of drug-likeness (QED) is 0.707. The molecule has 19 heavy (non-hydrogen) atoms. The van der Waals surface area contributed by atoms with Crippen LogP contribution in [-0.4, -0.2) is 4.98 Å². The molecule has 1 heterocycles. The molecule has 0 atom stereocenters. The molecular formula is C16H15ClN2. The molecule has 0 fully saturated rings. The lowest BCUT2D eigenvalue weighted by molar-refractivity contribution is 1.16. The minimum Gasteiger partial charge on any atom is -0.380 e. The van der Waals surface area contributed by atoms with E-state index < -0.39 is 0 Å². The van der Waals surface area contributed by atoms with Gasteiger partial charge in [0.2, 0.25) is 0 Å². The average molecular weight is 271 g/mol. The Morgan fingerprint density at radius 1 is 1.16 bits per heavy atom. The van der Waals surface area contributed by atoms with E-state index in [9.17, 15) is 0 Å². The van der Waals surface area contributed by atoms with Crippen LogP contribution in [0.5, 0.6) is 0 Å². The highest BCUT2D eigenvalue weighted by molar-refractivity contribution is 6.33. The largest absolute Gasteiger partial charge is 0.380 e. The number of H-pyrrole nitrogens is 1. The molecule has 3 heteroatoms. The highest BCUT2D eigenvalue weighted by atomic mass is 35.5. The number of hydrogen-bond donors (Lipinski definition) is 2. The van der Waals surface area contributed by atoms with Crippen molar-refractivity contribution in [1.29, 1.82) is 0 Å². The van der Waals surface area contributed by atoms with Gasteiger partial charge in [-0.1, -0.05) is 35.9 Å². The standard InChI is InChI=1S/C16H15ClN2/c1-11-6-7-14(17)16(8-11)19-10-12-9-18-15-5-3-2-4-13(12)15/h2-9,18-19H,10H2,1H3. The Hall–Kier alpha value is -1.93. The lowest BCUT2D eigenvalue weighted by atomic mass is 10.1. The van der Waals surface area contributed by atoms with E-state index in [4.69, 9.17) is 11.6 Å². The number of rotatable bonds is 3. The van der Waals surface area contributed by atoms with Crippen LogP contribution in [-0.2, 0) is 6.54 Å². The Kier molecular flexibility index (Phi) is 3.18. The molecule has 3 aromatic rings. The first kappa shape index (κ1) is 12.1. The van der Waals surface area contributed by atoms with Crippen LogP contribution in [0.25, 0.3) is 10.9 Å². The molecular weight excluding hydrogens is 256 g/mol. The van der Waals surface area contributed by atoms with E-state index in [2.05, 4.69) is 41.5 Å². The number of aromatic amines is 1. The molecule has 2 N–H and O–H groups in total. The van der Waals surface area contributed by atoms with Crippen LogP contribution in [0.4, 0.5) is 5.69 Å². The molecule has 0 aliphatic heterocycles. The van der Waals surface area contributed by atoms with Gasteiger partial charge in [-0.3, -0.25) is 0 Å². The van der Waals surface area contributed by atoms with Gasteiger partial charge in [0.1, 0.15) is 0 Å². The Morgan fingerprint density at radius 2 is 2.00 bits per heavy atom. The predicted octanol–water partition coefficient (Wildman–Crippen LogP) is 4.74. The number of hydrogen-bond acceptors (Lipinski definition) is 1. The van der Waals surface area contributed by atoms with Gasteiger partial charge in [0.25, 0.3) is 0 Å². The molecule has 2 aromatic carbocycles. The van der Waals surface area contributed by atoms with Crippen LogP contribution in [0, 0.1) is 6.92 Å². The van der Waals surface area contributed by atoms with Crippen molar-refractivity contribution in [3.63, 3.8) is 0 Å². The number of nitrogens with one attached hydrogen (secondary N) is 2. The van der Waals surface area contributed by atoms with E-state index in [1.807, 2.05) is 24.4 Å². The van der Waals surface area contributed by atoms with Gasteiger partial charge in [0, 0.05) is 23.6 Å². The highest BCUT2D eigenvalue weighted by Crippen LogP contribution is 2.24. The third kappa shape index (κ3) is 2.45. The summed E-state index contributed by atoms with van der Waals surface area (Å²) < 4.78 is 0. The van der Waals surface area contributed by atoms with E-state index in [1.54, 1.807) is 0 Å². The fraction of sp³-hybridized carbons (Fsp3) is 0.125. The van der Waals surface area contributed by atoms with E-state index in [-0.39, 0.29) is 0 Å². The molecule has 0 radical (unpaired) electrons. The van der Waals surface area contributed by atoms with Crippen molar-refractivity contribution in [3.05, 3.63) is 64.8 Å². The monoisotopic (exact) mass is 270 g/mol. The lowest BCUT2D eigenvalue weighted by Gasteiger charge is -2.08. The molecule has 96 valence electrons. The van der Waals surface area contributed by atoms with Crippen LogP contribution in [0.15, 0.2) is 48.7 Å². The second-order valence-corrected chi connectivity index (χ2v) is 5.10. The van der Waals surface area contributed by atoms with Crippen molar-refractivity contribution < 1.29 is 0 Å². The summed E-state index contributed by atoms with van der Waals surface area (Å²) in [5, 5.41) is 5.40. The number of anilines is 1. The van der Waals surface area contributed by atoms with Gasteiger partial charge in [-0.15, -0.1) is 0 Å². The van der Waals surface area contributed by atoms with Crippen LogP contribution in [0.3, 0.4) is 0 Å². The normalized spacial score (nSPS) is 10.8. The fourth-order valence-electron chi connectivity index (χ4n) is 2.24. The molecule has 0 saturated carbocycles. The summed E-state index contributed by atoms with van der Waals surface area (Å²) in [4.78, 5) is 3.28. The number of halogens is 1. The SMILES string of the molecule is Cc1ccc(Cl)c(NCc2c[nH]c3ccccc23)c1. The van der Waals surface area contributed by atoms with E-state index in [1.165, 1.54) is 16.5 Å². The molecule has 0 spiro atoms. The first-order valence-electron chi connectivity index (χ1n) is 6.29. The molecule has 3 rings (SSSR count). The summed E-state index contributed by atoms with van der Waals surface area (Å²) in [5.41, 5.74) is 4.58. The first-order valence-corrected chi connectivity index (χ1v) is 6.67. The van der Waals surface area contributed by atoms with Gasteiger partial charge in [0.05, 0.1) is 10.7 Å². The molecule has 0 amide bonds. The van der Waals surface area contributed by atoms with Gasteiger partial charge >= 0.3 is 0 Å². The summed E-state index contributed by atoms with van der Waals surface area (Å²) in [6.45, 7) is 2.82. The minimum atomic E-state index is 0.755. The number of para-hydroxylation sites is 1. The van der Waals surface area contributed by atoms with Crippen molar-refractivity contribution in [1.82, 2.24) is 4.98 Å². The highest BCUT2D eigenvalue weighted by Gasteiger charge is 2.04. The van der Waals surface area contributed by atoms with Gasteiger partial charge in [-0.2, -0.15) is 0 Å². The Balaban J connectivity index is 1.84. The molecule has 0 saturated heterocycles. The molecule has 2 nitrogen and oxygen atoms in total. The molecule has 0 aliphatic carbocycles. The zero-order valence-electron chi connectivity index (χ0n) is 10.7. The topological polar surface area (TPSA) is 27.8 Å². The van der Waals surface area contributed by atoms with Crippen molar-refractivity contribution in [2.75, 3.05) is 5.32 Å². The Labute approximate surface area is 117 Å². The number of aryl methyl sites for hydroxylation is 1. The summed E-state index contributed by atoms with van der Waals surface area (Å²) in [5.74, 6) is 0. The Morgan fingerprint density at radius 3 is 2.89 bits per heavy atom. The maximum atomic E-state index is 6.18. The summed E-state index contributed by atoms with van der Waals surface area (Å²) in [6.07, 6.45) is 2.04.